The molecule has 0 radical (unpaired) electrons. The number of likely N-dealkylation sites (tertiary alicyclic amines) is 1. The topological polar surface area (TPSA) is 71.4 Å². The lowest BCUT2D eigenvalue weighted by atomic mass is 10.0. The summed E-state index contributed by atoms with van der Waals surface area (Å²) in [5, 5.41) is 0. The Kier molecular flexibility index (Phi) is 5.15. The number of aliphatic imine (C=N–C) groups is 1. The van der Waals surface area contributed by atoms with Crippen molar-refractivity contribution < 1.29 is 4.74 Å². The lowest BCUT2D eigenvalue weighted by molar-refractivity contribution is 0.00487. The van der Waals surface area contributed by atoms with Crippen LogP contribution in [0.25, 0.3) is 22.5 Å². The van der Waals surface area contributed by atoms with Gasteiger partial charge in [0.25, 0.3) is 0 Å². The van der Waals surface area contributed by atoms with Crippen molar-refractivity contribution in [2.24, 2.45) is 10.7 Å². The summed E-state index contributed by atoms with van der Waals surface area (Å²) in [6.45, 7) is 10.4. The molecule has 7 nitrogen and oxygen atoms in total. The maximum absolute atomic E-state index is 5.92. The van der Waals surface area contributed by atoms with Gasteiger partial charge in [-0.25, -0.2) is 9.98 Å². The van der Waals surface area contributed by atoms with Gasteiger partial charge in [-0.2, -0.15) is 0 Å². The average Bonchev–Trinajstić information content (AvgIpc) is 3.45. The van der Waals surface area contributed by atoms with Gasteiger partial charge in [-0.3, -0.25) is 9.30 Å². The number of rotatable bonds is 4. The molecule has 0 unspecified atom stereocenters. The lowest BCUT2D eigenvalue weighted by Crippen LogP contribution is -2.48. The Labute approximate surface area is 194 Å². The van der Waals surface area contributed by atoms with E-state index < -0.39 is 0 Å². The number of amidine groups is 1. The maximum Gasteiger partial charge on any atom is 0.137 e. The Morgan fingerprint density at radius 1 is 1.03 bits per heavy atom. The Balaban J connectivity index is 1.22. The molecule has 0 atom stereocenters. The molecule has 7 heteroatoms. The quantitative estimate of drug-likeness (QED) is 0.671. The van der Waals surface area contributed by atoms with Crippen molar-refractivity contribution in [2.75, 3.05) is 39.4 Å². The fourth-order valence-corrected chi connectivity index (χ4v) is 5.36. The van der Waals surface area contributed by atoms with Gasteiger partial charge in [0.15, 0.2) is 0 Å². The normalized spacial score (nSPS) is 19.6. The van der Waals surface area contributed by atoms with E-state index in [0.717, 1.165) is 79.7 Å². The average molecular weight is 443 g/mol. The van der Waals surface area contributed by atoms with Gasteiger partial charge in [0.1, 0.15) is 11.5 Å². The third-order valence-electron chi connectivity index (χ3n) is 7.26. The number of piperidine rings is 1. The zero-order valence-corrected chi connectivity index (χ0v) is 18.9. The standard InChI is InChI=1S/C26H30N6O/c1-18(30-8-6-22(7-9-30)31-10-12-33-13-11-31)24-16-28-26-5-4-21(17-32(24)26)19-2-3-20-15-25(27)29-23(20)14-19/h2-5,14,16-17,22H,1,6-13,15H2,(H2,27,29). The molecule has 2 saturated heterocycles. The summed E-state index contributed by atoms with van der Waals surface area (Å²) in [5.41, 5.74) is 13.4. The Morgan fingerprint density at radius 3 is 2.64 bits per heavy atom. The van der Waals surface area contributed by atoms with Crippen molar-refractivity contribution >= 4 is 22.9 Å². The predicted octanol–water partition coefficient (Wildman–Crippen LogP) is 3.31. The van der Waals surface area contributed by atoms with Crippen LogP contribution in [0.2, 0.25) is 0 Å². The zero-order valence-electron chi connectivity index (χ0n) is 18.9. The summed E-state index contributed by atoms with van der Waals surface area (Å²) in [4.78, 5) is 14.1. The molecule has 5 heterocycles. The SMILES string of the molecule is C=C(c1cnc2ccc(-c3ccc4c(c3)N=C(N)C4)cn12)N1CCC(N2CCOCC2)CC1. The van der Waals surface area contributed by atoms with E-state index in [1.807, 2.05) is 6.20 Å². The minimum atomic E-state index is 0.656. The number of hydrogen-bond acceptors (Lipinski definition) is 6. The van der Waals surface area contributed by atoms with Crippen LogP contribution in [-0.4, -0.2) is 70.5 Å². The molecule has 3 aromatic rings. The highest BCUT2D eigenvalue weighted by molar-refractivity contribution is 5.91. The Morgan fingerprint density at radius 2 is 1.82 bits per heavy atom. The summed E-state index contributed by atoms with van der Waals surface area (Å²) in [6.07, 6.45) is 7.18. The van der Waals surface area contributed by atoms with Crippen LogP contribution in [-0.2, 0) is 11.2 Å². The number of benzene rings is 1. The molecule has 170 valence electrons. The van der Waals surface area contributed by atoms with E-state index in [-0.39, 0.29) is 0 Å². The van der Waals surface area contributed by atoms with Crippen molar-refractivity contribution in [1.82, 2.24) is 19.2 Å². The Hall–Kier alpha value is -3.16. The molecule has 3 aliphatic heterocycles. The van der Waals surface area contributed by atoms with E-state index in [9.17, 15) is 0 Å². The number of aromatic nitrogens is 2. The molecule has 2 fully saturated rings. The molecule has 3 aliphatic rings. The highest BCUT2D eigenvalue weighted by Gasteiger charge is 2.27. The van der Waals surface area contributed by atoms with Crippen LogP contribution in [0.15, 0.2) is 54.3 Å². The molecule has 2 aromatic heterocycles. The number of ether oxygens (including phenoxy) is 1. The Bertz CT molecular complexity index is 1230. The molecule has 0 saturated carbocycles. The van der Waals surface area contributed by atoms with Gasteiger partial charge >= 0.3 is 0 Å². The van der Waals surface area contributed by atoms with Crippen LogP contribution >= 0.6 is 0 Å². The van der Waals surface area contributed by atoms with Crippen LogP contribution in [0.5, 0.6) is 0 Å². The number of fused-ring (bicyclic) bond motifs is 2. The molecule has 0 bridgehead atoms. The van der Waals surface area contributed by atoms with E-state index in [0.29, 0.717) is 11.9 Å². The van der Waals surface area contributed by atoms with Crippen LogP contribution in [0, 0.1) is 0 Å². The van der Waals surface area contributed by atoms with Crippen LogP contribution in [0.4, 0.5) is 5.69 Å². The first-order valence-corrected chi connectivity index (χ1v) is 11.9. The van der Waals surface area contributed by atoms with E-state index in [1.165, 1.54) is 18.4 Å². The van der Waals surface area contributed by atoms with Gasteiger partial charge in [0.2, 0.25) is 0 Å². The molecule has 33 heavy (non-hydrogen) atoms. The maximum atomic E-state index is 5.92. The summed E-state index contributed by atoms with van der Waals surface area (Å²) in [6, 6.07) is 11.2. The second-order valence-corrected chi connectivity index (χ2v) is 9.23. The first kappa shape index (κ1) is 20.4. The molecule has 1 aromatic carbocycles. The third kappa shape index (κ3) is 3.81. The number of imidazole rings is 1. The smallest absolute Gasteiger partial charge is 0.137 e. The summed E-state index contributed by atoms with van der Waals surface area (Å²) in [5.74, 6) is 0.684. The van der Waals surface area contributed by atoms with Crippen molar-refractivity contribution in [3.05, 3.63) is 60.6 Å². The van der Waals surface area contributed by atoms with Gasteiger partial charge in [0, 0.05) is 44.8 Å². The van der Waals surface area contributed by atoms with E-state index >= 15 is 0 Å². The molecule has 0 aliphatic carbocycles. The van der Waals surface area contributed by atoms with Gasteiger partial charge in [-0.05, 0) is 47.7 Å². The lowest BCUT2D eigenvalue weighted by Gasteiger charge is -2.41. The predicted molar refractivity (Wildman–Crippen MR) is 132 cm³/mol. The number of pyridine rings is 1. The highest BCUT2D eigenvalue weighted by atomic mass is 16.5. The van der Waals surface area contributed by atoms with Gasteiger partial charge in [0.05, 0.1) is 36.5 Å². The number of morpholine rings is 1. The largest absolute Gasteiger partial charge is 0.387 e. The zero-order chi connectivity index (χ0) is 22.4. The van der Waals surface area contributed by atoms with Crippen molar-refractivity contribution in [3.63, 3.8) is 0 Å². The van der Waals surface area contributed by atoms with Gasteiger partial charge in [-0.15, -0.1) is 0 Å². The monoisotopic (exact) mass is 442 g/mol. The first-order valence-electron chi connectivity index (χ1n) is 11.9. The highest BCUT2D eigenvalue weighted by Crippen LogP contribution is 2.32. The molecule has 0 spiro atoms. The second kappa shape index (κ2) is 8.32. The fourth-order valence-electron chi connectivity index (χ4n) is 5.36. The van der Waals surface area contributed by atoms with E-state index in [2.05, 4.69) is 67.3 Å². The number of nitrogens with two attached hydrogens (primary N) is 1. The summed E-state index contributed by atoms with van der Waals surface area (Å²) in [7, 11) is 0. The number of hydrogen-bond donors (Lipinski definition) is 1. The molecule has 6 rings (SSSR count). The van der Waals surface area contributed by atoms with Crippen molar-refractivity contribution in [3.8, 4) is 11.1 Å². The second-order valence-electron chi connectivity index (χ2n) is 9.23. The fraction of sp³-hybridized carbons (Fsp3) is 0.385. The van der Waals surface area contributed by atoms with Crippen molar-refractivity contribution in [2.45, 2.75) is 25.3 Å². The number of nitrogens with zero attached hydrogens (tertiary/aromatic N) is 5. The van der Waals surface area contributed by atoms with Gasteiger partial charge < -0.3 is 15.4 Å². The van der Waals surface area contributed by atoms with Gasteiger partial charge in [-0.1, -0.05) is 18.7 Å². The minimum Gasteiger partial charge on any atom is -0.387 e. The van der Waals surface area contributed by atoms with Crippen LogP contribution in [0.1, 0.15) is 24.1 Å². The van der Waals surface area contributed by atoms with Crippen LogP contribution in [0.3, 0.4) is 0 Å². The third-order valence-corrected chi connectivity index (χ3v) is 7.26. The molecular formula is C26H30N6O. The molecule has 2 N–H and O–H groups in total. The minimum absolute atomic E-state index is 0.656. The first-order chi connectivity index (χ1) is 16.2. The van der Waals surface area contributed by atoms with Crippen LogP contribution < -0.4 is 5.73 Å². The molecule has 0 amide bonds. The summed E-state index contributed by atoms with van der Waals surface area (Å²) < 4.78 is 7.68. The van der Waals surface area contributed by atoms with E-state index in [4.69, 9.17) is 10.5 Å². The summed E-state index contributed by atoms with van der Waals surface area (Å²) >= 11 is 0. The molecular weight excluding hydrogens is 412 g/mol. The van der Waals surface area contributed by atoms with E-state index in [1.54, 1.807) is 0 Å². The van der Waals surface area contributed by atoms with Crippen molar-refractivity contribution in [1.29, 1.82) is 0 Å².